The molecule has 5 heteroatoms. The van der Waals surface area contributed by atoms with E-state index in [2.05, 4.69) is 87.5 Å². The lowest BCUT2D eigenvalue weighted by Gasteiger charge is -2.39. The molecule has 0 radical (unpaired) electrons. The first kappa shape index (κ1) is 23.7. The van der Waals surface area contributed by atoms with Crippen molar-refractivity contribution < 1.29 is 5.11 Å². The highest BCUT2D eigenvalue weighted by molar-refractivity contribution is 14.1. The molecule has 3 unspecified atom stereocenters. The van der Waals surface area contributed by atoms with Crippen LogP contribution in [0.3, 0.4) is 0 Å². The molecule has 0 spiro atoms. The molecule has 34 heavy (non-hydrogen) atoms. The molecule has 5 aliphatic rings. The van der Waals surface area contributed by atoms with Crippen molar-refractivity contribution in [3.05, 3.63) is 59.7 Å². The van der Waals surface area contributed by atoms with Gasteiger partial charge in [0.25, 0.3) is 0 Å². The molecule has 180 valence electrons. The summed E-state index contributed by atoms with van der Waals surface area (Å²) in [6.07, 6.45) is 11.8. The summed E-state index contributed by atoms with van der Waals surface area (Å²) in [5.74, 6) is 3.43. The molecule has 7 rings (SSSR count). The molecule has 0 amide bonds. The predicted octanol–water partition coefficient (Wildman–Crippen LogP) is 7.07. The Morgan fingerprint density at radius 3 is 2.65 bits per heavy atom. The number of rotatable bonds is 6. The van der Waals surface area contributed by atoms with Crippen molar-refractivity contribution in [2.75, 3.05) is 13.1 Å². The number of hydrogen-bond donors (Lipinski definition) is 1. The number of aromatic hydroxyl groups is 1. The van der Waals surface area contributed by atoms with Crippen LogP contribution in [0.25, 0.3) is 0 Å². The van der Waals surface area contributed by atoms with Crippen LogP contribution < -0.4 is 0 Å². The van der Waals surface area contributed by atoms with Gasteiger partial charge in [0.2, 0.25) is 0 Å². The smallest absolute Gasteiger partial charge is 0.133 e. The Morgan fingerprint density at radius 1 is 1.09 bits per heavy atom. The molecule has 4 aliphatic carbocycles. The van der Waals surface area contributed by atoms with Gasteiger partial charge in [-0.1, -0.05) is 17.7 Å². The number of likely N-dealkylation sites (tertiary alicyclic amines) is 1. The minimum absolute atomic E-state index is 0.441. The predicted molar refractivity (Wildman–Crippen MR) is 156 cm³/mol. The largest absolute Gasteiger partial charge is 0.507 e. The van der Waals surface area contributed by atoms with Gasteiger partial charge in [0, 0.05) is 27.9 Å². The number of nitrogens with zero attached hydrogens (tertiary/aromatic N) is 2. The van der Waals surface area contributed by atoms with Crippen LogP contribution in [0.15, 0.2) is 35.3 Å². The molecule has 4 bridgehead atoms. The zero-order valence-electron chi connectivity index (χ0n) is 19.9. The Morgan fingerprint density at radius 2 is 1.88 bits per heavy atom. The zero-order valence-corrected chi connectivity index (χ0v) is 24.3. The second kappa shape index (κ2) is 9.33. The maximum absolute atomic E-state index is 10.5. The monoisotopic (exact) mass is 680 g/mol. The van der Waals surface area contributed by atoms with Gasteiger partial charge in [-0.15, -0.1) is 0 Å². The minimum Gasteiger partial charge on any atom is -0.507 e. The van der Waals surface area contributed by atoms with E-state index in [0.29, 0.717) is 17.2 Å². The summed E-state index contributed by atoms with van der Waals surface area (Å²) in [4.78, 5) is 7.46. The Kier molecular flexibility index (Phi) is 6.50. The van der Waals surface area contributed by atoms with Crippen LogP contribution >= 0.6 is 45.2 Å². The van der Waals surface area contributed by atoms with Crippen molar-refractivity contribution in [1.29, 1.82) is 0 Å². The topological polar surface area (TPSA) is 35.8 Å². The van der Waals surface area contributed by atoms with Gasteiger partial charge in [0.1, 0.15) is 5.75 Å². The van der Waals surface area contributed by atoms with Crippen LogP contribution in [0.5, 0.6) is 5.75 Å². The van der Waals surface area contributed by atoms with Crippen molar-refractivity contribution in [1.82, 2.24) is 4.90 Å². The molecule has 5 fully saturated rings. The average molecular weight is 680 g/mol. The molecule has 1 N–H and O–H groups in total. The molecule has 2 aromatic rings. The fraction of sp³-hybridized carbons (Fsp3) is 0.552. The number of phenols is 1. The van der Waals surface area contributed by atoms with E-state index in [1.807, 2.05) is 6.07 Å². The maximum atomic E-state index is 10.5. The van der Waals surface area contributed by atoms with E-state index in [1.165, 1.54) is 59.6 Å². The van der Waals surface area contributed by atoms with Crippen molar-refractivity contribution in [2.45, 2.75) is 69.9 Å². The summed E-state index contributed by atoms with van der Waals surface area (Å²) in [6.45, 7) is 4.98. The Hall–Kier alpha value is -0.670. The van der Waals surface area contributed by atoms with E-state index in [9.17, 15) is 5.11 Å². The van der Waals surface area contributed by atoms with Gasteiger partial charge in [0.15, 0.2) is 0 Å². The van der Waals surface area contributed by atoms with E-state index in [0.717, 1.165) is 46.5 Å². The number of benzene rings is 2. The van der Waals surface area contributed by atoms with Crippen LogP contribution in [0.2, 0.25) is 0 Å². The molecule has 1 aliphatic heterocycles. The lowest BCUT2D eigenvalue weighted by Crippen LogP contribution is -2.31. The van der Waals surface area contributed by atoms with E-state index < -0.39 is 0 Å². The number of aryl methyl sites for hydroxylation is 1. The fourth-order valence-corrected chi connectivity index (χ4v) is 9.87. The van der Waals surface area contributed by atoms with Crippen molar-refractivity contribution in [3.8, 4) is 5.75 Å². The summed E-state index contributed by atoms with van der Waals surface area (Å²) in [6, 6.07) is 11.8. The lowest BCUT2D eigenvalue weighted by molar-refractivity contribution is 0.229. The van der Waals surface area contributed by atoms with Crippen molar-refractivity contribution in [2.24, 2.45) is 22.7 Å². The number of halogens is 2. The summed E-state index contributed by atoms with van der Waals surface area (Å²) < 4.78 is 2.12. The van der Waals surface area contributed by atoms with Gasteiger partial charge in [0.05, 0.1) is 10.1 Å². The quantitative estimate of drug-likeness (QED) is 0.262. The van der Waals surface area contributed by atoms with Gasteiger partial charge in [-0.3, -0.25) is 9.89 Å². The second-order valence-electron chi connectivity index (χ2n) is 11.5. The highest BCUT2D eigenvalue weighted by Crippen LogP contribution is 2.64. The third-order valence-corrected chi connectivity index (χ3v) is 10.6. The maximum Gasteiger partial charge on any atom is 0.133 e. The zero-order chi connectivity index (χ0) is 23.4. The number of phenolic OH excluding ortho intramolecular Hbond substituents is 1. The van der Waals surface area contributed by atoms with Crippen molar-refractivity contribution >= 4 is 51.4 Å². The first-order valence-electron chi connectivity index (χ1n) is 12.9. The molecule has 3 nitrogen and oxygen atoms in total. The molecule has 1 heterocycles. The molecular formula is C29H34I2N2O. The fourth-order valence-electron chi connectivity index (χ4n) is 7.91. The lowest BCUT2D eigenvalue weighted by atomic mass is 9.65. The van der Waals surface area contributed by atoms with Gasteiger partial charge >= 0.3 is 0 Å². The van der Waals surface area contributed by atoms with E-state index >= 15 is 0 Å². The van der Waals surface area contributed by atoms with Gasteiger partial charge in [-0.25, -0.2) is 0 Å². The molecule has 0 aromatic heterocycles. The SMILES string of the molecule is Cc1cc(/C=N/CC2CCCN2Cc2cc(I)cc(I)c2O)cc(C23CC4CC(C2)C(C4)C3)c1. The normalized spacial score (nSPS) is 32.4. The molecule has 2 aromatic carbocycles. The molecule has 1 saturated heterocycles. The summed E-state index contributed by atoms with van der Waals surface area (Å²) in [7, 11) is 0. The Labute approximate surface area is 231 Å². The first-order chi connectivity index (χ1) is 16.4. The Bertz CT molecular complexity index is 1110. The average Bonchev–Trinajstić information content (AvgIpc) is 3.42. The minimum atomic E-state index is 0.441. The van der Waals surface area contributed by atoms with Gasteiger partial charge in [-0.2, -0.15) is 0 Å². The van der Waals surface area contributed by atoms with Crippen LogP contribution in [0.4, 0.5) is 0 Å². The first-order valence-corrected chi connectivity index (χ1v) is 15.1. The van der Waals surface area contributed by atoms with Crippen LogP contribution in [0, 0.1) is 31.8 Å². The van der Waals surface area contributed by atoms with Gasteiger partial charge in [-0.05, 0) is 156 Å². The molecule has 4 saturated carbocycles. The Balaban J connectivity index is 1.15. The third kappa shape index (κ3) is 4.47. The van der Waals surface area contributed by atoms with E-state index in [4.69, 9.17) is 4.99 Å². The van der Waals surface area contributed by atoms with Crippen LogP contribution in [-0.4, -0.2) is 35.4 Å². The van der Waals surface area contributed by atoms with Crippen molar-refractivity contribution in [3.63, 3.8) is 0 Å². The number of aliphatic imine (C=N–C) groups is 1. The van der Waals surface area contributed by atoms with E-state index in [1.54, 1.807) is 5.56 Å². The summed E-state index contributed by atoms with van der Waals surface area (Å²) in [5, 5.41) is 10.5. The number of hydrogen-bond acceptors (Lipinski definition) is 3. The standard InChI is InChI=1S/C29H34I2N2O/c1-18-5-20(9-24(6-18)29-12-19-7-21(13-29)22(8-19)14-29)15-32-16-26-3-2-4-33(26)17-23-10-25(30)11-27(31)28(23)34/h5-6,9-11,15,19,21-22,26,34H,2-4,7-8,12-14,16-17H2,1H3/b32-15+. The highest BCUT2D eigenvalue weighted by atomic mass is 127. The second-order valence-corrected chi connectivity index (χ2v) is 13.9. The third-order valence-electron chi connectivity index (χ3n) is 9.17. The van der Waals surface area contributed by atoms with Crippen LogP contribution in [-0.2, 0) is 12.0 Å². The summed E-state index contributed by atoms with van der Waals surface area (Å²) in [5.41, 5.74) is 5.75. The summed E-state index contributed by atoms with van der Waals surface area (Å²) >= 11 is 4.57. The van der Waals surface area contributed by atoms with Crippen LogP contribution in [0.1, 0.15) is 67.2 Å². The van der Waals surface area contributed by atoms with Gasteiger partial charge < -0.3 is 5.11 Å². The highest BCUT2D eigenvalue weighted by Gasteiger charge is 2.56. The molecule has 3 atom stereocenters. The van der Waals surface area contributed by atoms with E-state index in [-0.39, 0.29) is 0 Å². The molecular weight excluding hydrogens is 646 g/mol.